The highest BCUT2D eigenvalue weighted by atomic mass is 16.5. The van der Waals surface area contributed by atoms with E-state index in [0.29, 0.717) is 18.9 Å². The van der Waals surface area contributed by atoms with Gasteiger partial charge >= 0.3 is 5.97 Å². The molecule has 1 aromatic carbocycles. The fourth-order valence-corrected chi connectivity index (χ4v) is 1.60. The van der Waals surface area contributed by atoms with Gasteiger partial charge in [0, 0.05) is 6.20 Å². The van der Waals surface area contributed by atoms with E-state index < -0.39 is 5.97 Å². The van der Waals surface area contributed by atoms with Crippen molar-refractivity contribution in [2.75, 3.05) is 7.11 Å². The third-order valence-corrected chi connectivity index (χ3v) is 2.60. The smallest absolute Gasteiger partial charge is 0.356 e. The van der Waals surface area contributed by atoms with Crippen LogP contribution in [0.5, 0.6) is 0 Å². The molecule has 98 valence electrons. The van der Waals surface area contributed by atoms with Gasteiger partial charge in [-0.1, -0.05) is 36.4 Å². The van der Waals surface area contributed by atoms with Gasteiger partial charge in [-0.3, -0.25) is 0 Å². The van der Waals surface area contributed by atoms with Gasteiger partial charge in [0.15, 0.2) is 0 Å². The molecule has 0 aliphatic carbocycles. The number of rotatable bonds is 5. The maximum atomic E-state index is 11.2. The standard InChI is InChI=1S/C15H15NO3/c1-18-15(17)14-8-7-13(9-16-14)11-19-10-12-5-3-2-4-6-12/h2-9H,10-11H2,1H3. The lowest BCUT2D eigenvalue weighted by Crippen LogP contribution is -2.04. The van der Waals surface area contributed by atoms with Gasteiger partial charge in [-0.05, 0) is 17.2 Å². The van der Waals surface area contributed by atoms with Gasteiger partial charge in [0.1, 0.15) is 5.69 Å². The van der Waals surface area contributed by atoms with Crippen molar-refractivity contribution in [1.29, 1.82) is 0 Å². The molecule has 0 aliphatic rings. The maximum Gasteiger partial charge on any atom is 0.356 e. The Morgan fingerprint density at radius 3 is 2.42 bits per heavy atom. The van der Waals surface area contributed by atoms with Crippen molar-refractivity contribution in [3.05, 3.63) is 65.5 Å². The monoisotopic (exact) mass is 257 g/mol. The molecule has 0 aliphatic heterocycles. The van der Waals surface area contributed by atoms with Crippen LogP contribution in [0.2, 0.25) is 0 Å². The van der Waals surface area contributed by atoms with Gasteiger partial charge < -0.3 is 9.47 Å². The van der Waals surface area contributed by atoms with Crippen molar-refractivity contribution in [2.24, 2.45) is 0 Å². The summed E-state index contributed by atoms with van der Waals surface area (Å²) in [5.41, 5.74) is 2.35. The Morgan fingerprint density at radius 2 is 1.79 bits per heavy atom. The Morgan fingerprint density at radius 1 is 1.05 bits per heavy atom. The number of carbonyl (C=O) groups excluding carboxylic acids is 1. The van der Waals surface area contributed by atoms with Crippen LogP contribution in [0.25, 0.3) is 0 Å². The van der Waals surface area contributed by atoms with Crippen LogP contribution in [0.1, 0.15) is 21.6 Å². The number of nitrogens with zero attached hydrogens (tertiary/aromatic N) is 1. The number of benzene rings is 1. The van der Waals surface area contributed by atoms with E-state index in [-0.39, 0.29) is 0 Å². The molecule has 0 atom stereocenters. The van der Waals surface area contributed by atoms with Gasteiger partial charge in [0.25, 0.3) is 0 Å². The number of methoxy groups -OCH3 is 1. The quantitative estimate of drug-likeness (QED) is 0.772. The van der Waals surface area contributed by atoms with Crippen molar-refractivity contribution in [2.45, 2.75) is 13.2 Å². The van der Waals surface area contributed by atoms with Crippen molar-refractivity contribution < 1.29 is 14.3 Å². The normalized spacial score (nSPS) is 10.2. The first kappa shape index (κ1) is 13.2. The van der Waals surface area contributed by atoms with E-state index in [1.54, 1.807) is 12.3 Å². The number of esters is 1. The zero-order chi connectivity index (χ0) is 13.5. The lowest BCUT2D eigenvalue weighted by Gasteiger charge is -2.05. The van der Waals surface area contributed by atoms with Crippen LogP contribution in [0.4, 0.5) is 0 Å². The van der Waals surface area contributed by atoms with Gasteiger partial charge in [-0.25, -0.2) is 9.78 Å². The van der Waals surface area contributed by atoms with Gasteiger partial charge in [-0.2, -0.15) is 0 Å². The molecule has 0 bridgehead atoms. The summed E-state index contributed by atoms with van der Waals surface area (Å²) >= 11 is 0. The van der Waals surface area contributed by atoms with Crippen LogP contribution in [0.3, 0.4) is 0 Å². The molecule has 4 nitrogen and oxygen atoms in total. The first-order valence-electron chi connectivity index (χ1n) is 5.94. The number of pyridine rings is 1. The summed E-state index contributed by atoms with van der Waals surface area (Å²) in [5, 5.41) is 0. The van der Waals surface area contributed by atoms with Crippen molar-refractivity contribution >= 4 is 5.97 Å². The fraction of sp³-hybridized carbons (Fsp3) is 0.200. The Bertz CT molecular complexity index is 523. The molecule has 0 N–H and O–H groups in total. The zero-order valence-electron chi connectivity index (χ0n) is 10.7. The molecule has 0 saturated carbocycles. The van der Waals surface area contributed by atoms with Crippen molar-refractivity contribution in [3.63, 3.8) is 0 Å². The summed E-state index contributed by atoms with van der Waals surface area (Å²) < 4.78 is 10.2. The highest BCUT2D eigenvalue weighted by Crippen LogP contribution is 2.06. The summed E-state index contributed by atoms with van der Waals surface area (Å²) in [6, 6.07) is 13.4. The summed E-state index contributed by atoms with van der Waals surface area (Å²) in [6.07, 6.45) is 1.62. The van der Waals surface area contributed by atoms with Crippen LogP contribution < -0.4 is 0 Å². The van der Waals surface area contributed by atoms with E-state index in [0.717, 1.165) is 11.1 Å². The molecule has 1 heterocycles. The summed E-state index contributed by atoms with van der Waals surface area (Å²) in [4.78, 5) is 15.2. The van der Waals surface area contributed by atoms with E-state index in [1.165, 1.54) is 7.11 Å². The summed E-state index contributed by atoms with van der Waals surface area (Å²) in [6.45, 7) is 1.02. The molecule has 1 aromatic heterocycles. The van der Waals surface area contributed by atoms with Crippen LogP contribution >= 0.6 is 0 Å². The predicted molar refractivity (Wildman–Crippen MR) is 70.5 cm³/mol. The number of carbonyl (C=O) groups is 1. The largest absolute Gasteiger partial charge is 0.464 e. The highest BCUT2D eigenvalue weighted by molar-refractivity contribution is 5.86. The van der Waals surface area contributed by atoms with Gasteiger partial charge in [0.2, 0.25) is 0 Å². The minimum Gasteiger partial charge on any atom is -0.464 e. The number of aromatic nitrogens is 1. The lowest BCUT2D eigenvalue weighted by molar-refractivity contribution is 0.0593. The van der Waals surface area contributed by atoms with E-state index in [4.69, 9.17) is 4.74 Å². The second-order valence-electron chi connectivity index (χ2n) is 4.02. The minimum absolute atomic E-state index is 0.300. The molecule has 4 heteroatoms. The van der Waals surface area contributed by atoms with Crippen LogP contribution in [-0.4, -0.2) is 18.1 Å². The Labute approximate surface area is 112 Å². The third-order valence-electron chi connectivity index (χ3n) is 2.60. The Kier molecular flexibility index (Phi) is 4.64. The van der Waals surface area contributed by atoms with Gasteiger partial charge in [0.05, 0.1) is 20.3 Å². The molecule has 0 amide bonds. The molecular formula is C15H15NO3. The Balaban J connectivity index is 1.85. The molecule has 0 unspecified atom stereocenters. The first-order valence-corrected chi connectivity index (χ1v) is 5.94. The molecule has 0 saturated heterocycles. The third kappa shape index (κ3) is 3.89. The SMILES string of the molecule is COC(=O)c1ccc(COCc2ccccc2)cn1. The van der Waals surface area contributed by atoms with E-state index in [2.05, 4.69) is 9.72 Å². The summed E-state index contributed by atoms with van der Waals surface area (Å²) in [7, 11) is 1.33. The second-order valence-corrected chi connectivity index (χ2v) is 4.02. The molecule has 2 aromatic rings. The van der Waals surface area contributed by atoms with Crippen molar-refractivity contribution in [3.8, 4) is 0 Å². The Hall–Kier alpha value is -2.20. The molecule has 0 fully saturated rings. The molecule has 19 heavy (non-hydrogen) atoms. The molecule has 2 rings (SSSR count). The average molecular weight is 257 g/mol. The molecule has 0 spiro atoms. The molecular weight excluding hydrogens is 242 g/mol. The van der Waals surface area contributed by atoms with Crippen LogP contribution in [0.15, 0.2) is 48.7 Å². The maximum absolute atomic E-state index is 11.2. The predicted octanol–water partition coefficient (Wildman–Crippen LogP) is 2.59. The fourth-order valence-electron chi connectivity index (χ4n) is 1.60. The topological polar surface area (TPSA) is 48.4 Å². The van der Waals surface area contributed by atoms with Gasteiger partial charge in [-0.15, -0.1) is 0 Å². The summed E-state index contributed by atoms with van der Waals surface area (Å²) in [5.74, 6) is -0.434. The van der Waals surface area contributed by atoms with Crippen LogP contribution in [0, 0.1) is 0 Å². The number of hydrogen-bond acceptors (Lipinski definition) is 4. The van der Waals surface area contributed by atoms with E-state index in [1.807, 2.05) is 36.4 Å². The average Bonchev–Trinajstić information content (AvgIpc) is 2.48. The van der Waals surface area contributed by atoms with E-state index >= 15 is 0 Å². The van der Waals surface area contributed by atoms with Crippen molar-refractivity contribution in [1.82, 2.24) is 4.98 Å². The highest BCUT2D eigenvalue weighted by Gasteiger charge is 2.06. The lowest BCUT2D eigenvalue weighted by atomic mass is 10.2. The first-order chi connectivity index (χ1) is 9.29. The number of hydrogen-bond donors (Lipinski definition) is 0. The number of ether oxygens (including phenoxy) is 2. The molecule has 0 radical (unpaired) electrons. The minimum atomic E-state index is -0.434. The van der Waals surface area contributed by atoms with E-state index in [9.17, 15) is 4.79 Å². The zero-order valence-corrected chi connectivity index (χ0v) is 10.7. The van der Waals surface area contributed by atoms with Crippen LogP contribution in [-0.2, 0) is 22.7 Å². The second kappa shape index (κ2) is 6.66.